The Morgan fingerprint density at radius 3 is 2.73 bits per heavy atom. The summed E-state index contributed by atoms with van der Waals surface area (Å²) < 4.78 is 0. The quantitative estimate of drug-likeness (QED) is 0.698. The lowest BCUT2D eigenvalue weighted by Crippen LogP contribution is -2.54. The van der Waals surface area contributed by atoms with Gasteiger partial charge in [0.2, 0.25) is 0 Å². The number of nitrogens with zero attached hydrogens (tertiary/aromatic N) is 1. The minimum atomic E-state index is -0.130. The number of hydrogen-bond donors (Lipinski definition) is 2. The monoisotopic (exact) mass is 214 g/mol. The van der Waals surface area contributed by atoms with Gasteiger partial charge in [-0.25, -0.2) is 0 Å². The summed E-state index contributed by atoms with van der Waals surface area (Å²) >= 11 is 0. The third-order valence-electron chi connectivity index (χ3n) is 3.39. The van der Waals surface area contributed by atoms with Crippen molar-refractivity contribution >= 4 is 0 Å². The van der Waals surface area contributed by atoms with Gasteiger partial charge < -0.3 is 10.4 Å². The van der Waals surface area contributed by atoms with Crippen LogP contribution in [0.1, 0.15) is 40.0 Å². The molecule has 1 saturated heterocycles. The Morgan fingerprint density at radius 1 is 1.53 bits per heavy atom. The number of hydrogen-bond acceptors (Lipinski definition) is 3. The van der Waals surface area contributed by atoms with Gasteiger partial charge in [-0.1, -0.05) is 6.92 Å². The van der Waals surface area contributed by atoms with Gasteiger partial charge >= 0.3 is 0 Å². The molecular formula is C12H26N2O. The highest BCUT2D eigenvalue weighted by molar-refractivity contribution is 4.89. The molecule has 0 aromatic carbocycles. The summed E-state index contributed by atoms with van der Waals surface area (Å²) in [5, 5.41) is 12.9. The first-order valence-corrected chi connectivity index (χ1v) is 6.21. The molecule has 0 amide bonds. The van der Waals surface area contributed by atoms with E-state index in [0.29, 0.717) is 6.04 Å². The first-order chi connectivity index (χ1) is 7.11. The summed E-state index contributed by atoms with van der Waals surface area (Å²) in [4.78, 5) is 2.48. The van der Waals surface area contributed by atoms with E-state index < -0.39 is 0 Å². The smallest absolute Gasteiger partial charge is 0.0623 e. The Balaban J connectivity index is 2.43. The van der Waals surface area contributed by atoms with Crippen LogP contribution in [0.4, 0.5) is 0 Å². The minimum Gasteiger partial charge on any atom is -0.394 e. The lowest BCUT2D eigenvalue weighted by atomic mass is 10.0. The summed E-state index contributed by atoms with van der Waals surface area (Å²) in [5.74, 6) is 0. The van der Waals surface area contributed by atoms with E-state index in [2.05, 4.69) is 31.0 Å². The van der Waals surface area contributed by atoms with Crippen molar-refractivity contribution in [2.24, 2.45) is 0 Å². The molecule has 1 fully saturated rings. The zero-order valence-electron chi connectivity index (χ0n) is 10.4. The van der Waals surface area contributed by atoms with Crippen LogP contribution in [0.2, 0.25) is 0 Å². The molecule has 2 unspecified atom stereocenters. The average Bonchev–Trinajstić information content (AvgIpc) is 2.61. The van der Waals surface area contributed by atoms with Crippen LogP contribution in [0.25, 0.3) is 0 Å². The van der Waals surface area contributed by atoms with E-state index in [1.165, 1.54) is 19.4 Å². The minimum absolute atomic E-state index is 0.130. The fourth-order valence-electron chi connectivity index (χ4n) is 2.26. The summed E-state index contributed by atoms with van der Waals surface area (Å²) in [6.45, 7) is 9.91. The fraction of sp³-hybridized carbons (Fsp3) is 1.00. The summed E-state index contributed by atoms with van der Waals surface area (Å²) in [6, 6.07) is 0.680. The van der Waals surface area contributed by atoms with E-state index in [1.807, 2.05) is 0 Å². The highest BCUT2D eigenvalue weighted by atomic mass is 16.3. The number of likely N-dealkylation sites (tertiary alicyclic amines) is 1. The number of nitrogens with one attached hydrogen (secondary N) is 1. The molecule has 0 saturated carbocycles. The van der Waals surface area contributed by atoms with E-state index in [0.717, 1.165) is 19.5 Å². The van der Waals surface area contributed by atoms with Crippen LogP contribution >= 0.6 is 0 Å². The third-order valence-corrected chi connectivity index (χ3v) is 3.39. The predicted molar refractivity (Wildman–Crippen MR) is 64.1 cm³/mol. The number of aliphatic hydroxyl groups is 1. The predicted octanol–water partition coefficient (Wildman–Crippen LogP) is 1.22. The average molecular weight is 214 g/mol. The Hall–Kier alpha value is -0.120. The highest BCUT2D eigenvalue weighted by Gasteiger charge is 2.29. The Labute approximate surface area is 93.9 Å². The third kappa shape index (κ3) is 3.74. The molecule has 15 heavy (non-hydrogen) atoms. The molecular weight excluding hydrogens is 188 g/mol. The first-order valence-electron chi connectivity index (χ1n) is 6.21. The van der Waals surface area contributed by atoms with Crippen LogP contribution in [0, 0.1) is 0 Å². The largest absolute Gasteiger partial charge is 0.394 e. The van der Waals surface area contributed by atoms with Crippen LogP contribution in [0.5, 0.6) is 0 Å². The second kappa shape index (κ2) is 5.83. The molecule has 90 valence electrons. The maximum atomic E-state index is 9.47. The first kappa shape index (κ1) is 12.9. The van der Waals surface area contributed by atoms with Gasteiger partial charge in [0, 0.05) is 12.6 Å². The van der Waals surface area contributed by atoms with Crippen molar-refractivity contribution in [1.29, 1.82) is 0 Å². The summed E-state index contributed by atoms with van der Waals surface area (Å²) in [6.07, 6.45) is 3.72. The highest BCUT2D eigenvalue weighted by Crippen LogP contribution is 2.19. The summed E-state index contributed by atoms with van der Waals surface area (Å²) in [5.41, 5.74) is -0.130. The van der Waals surface area contributed by atoms with Gasteiger partial charge in [-0.15, -0.1) is 0 Å². The molecule has 0 radical (unpaired) electrons. The van der Waals surface area contributed by atoms with Gasteiger partial charge in [0.25, 0.3) is 0 Å². The number of aliphatic hydroxyl groups excluding tert-OH is 1. The van der Waals surface area contributed by atoms with Crippen LogP contribution in [-0.2, 0) is 0 Å². The van der Waals surface area contributed by atoms with Gasteiger partial charge in [0.15, 0.2) is 0 Å². The molecule has 3 heteroatoms. The standard InChI is InChI=1S/C12H26N2O/c1-4-7-13-12(3,10-15)9-14-8-5-6-11(14)2/h11,13,15H,4-10H2,1-3H3. The van der Waals surface area contributed by atoms with Crippen molar-refractivity contribution in [3.8, 4) is 0 Å². The molecule has 1 rings (SSSR count). The molecule has 0 aliphatic carbocycles. The fourth-order valence-corrected chi connectivity index (χ4v) is 2.26. The Morgan fingerprint density at radius 2 is 2.27 bits per heavy atom. The SMILES string of the molecule is CCCNC(C)(CO)CN1CCCC1C. The normalized spacial score (nSPS) is 26.8. The Bertz CT molecular complexity index is 186. The number of rotatable bonds is 6. The van der Waals surface area contributed by atoms with E-state index in [4.69, 9.17) is 0 Å². The molecule has 0 bridgehead atoms. The Kier molecular flexibility index (Phi) is 5.03. The van der Waals surface area contributed by atoms with Crippen molar-refractivity contribution < 1.29 is 5.11 Å². The molecule has 1 aliphatic heterocycles. The van der Waals surface area contributed by atoms with E-state index in [9.17, 15) is 5.11 Å². The van der Waals surface area contributed by atoms with Gasteiger partial charge in [0.1, 0.15) is 0 Å². The van der Waals surface area contributed by atoms with Crippen molar-refractivity contribution in [1.82, 2.24) is 10.2 Å². The van der Waals surface area contributed by atoms with Crippen molar-refractivity contribution in [2.75, 3.05) is 26.2 Å². The van der Waals surface area contributed by atoms with E-state index in [-0.39, 0.29) is 12.1 Å². The topological polar surface area (TPSA) is 35.5 Å². The van der Waals surface area contributed by atoms with E-state index in [1.54, 1.807) is 0 Å². The van der Waals surface area contributed by atoms with Gasteiger partial charge in [-0.05, 0) is 46.2 Å². The lowest BCUT2D eigenvalue weighted by molar-refractivity contribution is 0.117. The zero-order valence-corrected chi connectivity index (χ0v) is 10.4. The van der Waals surface area contributed by atoms with Gasteiger partial charge in [0.05, 0.1) is 12.1 Å². The van der Waals surface area contributed by atoms with E-state index >= 15 is 0 Å². The second-order valence-electron chi connectivity index (χ2n) is 5.11. The van der Waals surface area contributed by atoms with Gasteiger partial charge in [-0.3, -0.25) is 4.90 Å². The molecule has 2 N–H and O–H groups in total. The molecule has 0 aromatic rings. The van der Waals surface area contributed by atoms with Crippen LogP contribution in [0.15, 0.2) is 0 Å². The maximum absolute atomic E-state index is 9.47. The van der Waals surface area contributed by atoms with Gasteiger partial charge in [-0.2, -0.15) is 0 Å². The molecule has 2 atom stereocenters. The molecule has 0 aromatic heterocycles. The molecule has 1 heterocycles. The van der Waals surface area contributed by atoms with Crippen LogP contribution < -0.4 is 5.32 Å². The maximum Gasteiger partial charge on any atom is 0.0623 e. The molecule has 1 aliphatic rings. The van der Waals surface area contributed by atoms with Crippen molar-refractivity contribution in [2.45, 2.75) is 51.6 Å². The van der Waals surface area contributed by atoms with Crippen molar-refractivity contribution in [3.05, 3.63) is 0 Å². The lowest BCUT2D eigenvalue weighted by Gasteiger charge is -2.35. The summed E-state index contributed by atoms with van der Waals surface area (Å²) in [7, 11) is 0. The van der Waals surface area contributed by atoms with Crippen LogP contribution in [-0.4, -0.2) is 47.8 Å². The second-order valence-corrected chi connectivity index (χ2v) is 5.11. The molecule has 0 spiro atoms. The van der Waals surface area contributed by atoms with Crippen molar-refractivity contribution in [3.63, 3.8) is 0 Å². The molecule has 3 nitrogen and oxygen atoms in total. The van der Waals surface area contributed by atoms with Crippen LogP contribution in [0.3, 0.4) is 0 Å². The zero-order chi connectivity index (χ0) is 11.3.